The first kappa shape index (κ1) is 11.2. The van der Waals surface area contributed by atoms with E-state index in [1.165, 1.54) is 5.56 Å². The number of hydrogen-bond acceptors (Lipinski definition) is 2. The highest BCUT2D eigenvalue weighted by Gasteiger charge is 2.12. The van der Waals surface area contributed by atoms with Crippen molar-refractivity contribution in [2.45, 2.75) is 46.2 Å². The number of aromatic nitrogens is 2. The van der Waals surface area contributed by atoms with Gasteiger partial charge in [0.15, 0.2) is 0 Å². The molecule has 0 fully saturated rings. The van der Waals surface area contributed by atoms with Crippen LogP contribution in [0.5, 0.6) is 0 Å². The van der Waals surface area contributed by atoms with Crippen LogP contribution in [0.25, 0.3) is 0 Å². The average Bonchev–Trinajstić information content (AvgIpc) is 2.45. The lowest BCUT2D eigenvalue weighted by Gasteiger charge is -2.18. The molecule has 1 aromatic rings. The minimum Gasteiger partial charge on any atom is -0.308 e. The van der Waals surface area contributed by atoms with Gasteiger partial charge in [0.2, 0.25) is 0 Å². The largest absolute Gasteiger partial charge is 0.308 e. The SMILES string of the molecule is CCC(C)NC(C)c1cn(C)nc1C. The zero-order valence-electron chi connectivity index (χ0n) is 9.83. The zero-order valence-corrected chi connectivity index (χ0v) is 9.83. The summed E-state index contributed by atoms with van der Waals surface area (Å²) in [6.07, 6.45) is 3.25. The third kappa shape index (κ3) is 2.58. The van der Waals surface area contributed by atoms with E-state index in [0.29, 0.717) is 12.1 Å². The third-order valence-electron chi connectivity index (χ3n) is 2.66. The van der Waals surface area contributed by atoms with Gasteiger partial charge in [0.25, 0.3) is 0 Å². The Morgan fingerprint density at radius 3 is 2.57 bits per heavy atom. The molecule has 0 spiro atoms. The molecule has 3 heteroatoms. The van der Waals surface area contributed by atoms with Crippen LogP contribution >= 0.6 is 0 Å². The molecule has 0 saturated heterocycles. The van der Waals surface area contributed by atoms with E-state index >= 15 is 0 Å². The molecule has 1 rings (SSSR count). The quantitative estimate of drug-likeness (QED) is 0.798. The maximum absolute atomic E-state index is 4.34. The van der Waals surface area contributed by atoms with Crippen LogP contribution in [0, 0.1) is 6.92 Å². The van der Waals surface area contributed by atoms with E-state index < -0.39 is 0 Å². The second-order valence-electron chi connectivity index (χ2n) is 4.04. The molecule has 1 heterocycles. The highest BCUT2D eigenvalue weighted by Crippen LogP contribution is 2.16. The first-order valence-corrected chi connectivity index (χ1v) is 5.30. The van der Waals surface area contributed by atoms with Crippen LogP contribution in [0.3, 0.4) is 0 Å². The Balaban J connectivity index is 2.69. The molecular weight excluding hydrogens is 174 g/mol. The Labute approximate surface area is 86.5 Å². The molecule has 0 bridgehead atoms. The molecule has 2 atom stereocenters. The lowest BCUT2D eigenvalue weighted by atomic mass is 10.1. The van der Waals surface area contributed by atoms with Gasteiger partial charge in [0.05, 0.1) is 5.69 Å². The van der Waals surface area contributed by atoms with Gasteiger partial charge in [0.1, 0.15) is 0 Å². The van der Waals surface area contributed by atoms with E-state index in [1.54, 1.807) is 0 Å². The fourth-order valence-corrected chi connectivity index (χ4v) is 1.68. The van der Waals surface area contributed by atoms with Crippen molar-refractivity contribution in [3.63, 3.8) is 0 Å². The van der Waals surface area contributed by atoms with Gasteiger partial charge in [-0.1, -0.05) is 6.92 Å². The van der Waals surface area contributed by atoms with Crippen LogP contribution in [-0.4, -0.2) is 15.8 Å². The summed E-state index contributed by atoms with van der Waals surface area (Å²) < 4.78 is 1.87. The lowest BCUT2D eigenvalue weighted by Crippen LogP contribution is -2.28. The summed E-state index contributed by atoms with van der Waals surface area (Å²) in [5, 5.41) is 7.89. The second-order valence-corrected chi connectivity index (χ2v) is 4.04. The normalized spacial score (nSPS) is 15.5. The summed E-state index contributed by atoms with van der Waals surface area (Å²) in [5.41, 5.74) is 2.42. The Hall–Kier alpha value is -0.830. The van der Waals surface area contributed by atoms with Crippen LogP contribution < -0.4 is 5.32 Å². The van der Waals surface area contributed by atoms with Crippen molar-refractivity contribution in [2.24, 2.45) is 7.05 Å². The molecule has 1 N–H and O–H groups in total. The standard InChI is InChI=1S/C11H21N3/c1-6-8(2)12-9(3)11-7-14(5)13-10(11)4/h7-9,12H,6H2,1-5H3. The molecule has 0 radical (unpaired) electrons. The van der Waals surface area contributed by atoms with Crippen molar-refractivity contribution in [1.82, 2.24) is 15.1 Å². The van der Waals surface area contributed by atoms with Gasteiger partial charge in [-0.15, -0.1) is 0 Å². The lowest BCUT2D eigenvalue weighted by molar-refractivity contribution is 0.468. The van der Waals surface area contributed by atoms with Crippen molar-refractivity contribution < 1.29 is 0 Å². The molecule has 80 valence electrons. The molecule has 0 saturated carbocycles. The average molecular weight is 195 g/mol. The number of aryl methyl sites for hydroxylation is 2. The van der Waals surface area contributed by atoms with Gasteiger partial charge < -0.3 is 5.32 Å². The van der Waals surface area contributed by atoms with Crippen LogP contribution in [0.4, 0.5) is 0 Å². The Morgan fingerprint density at radius 1 is 1.50 bits per heavy atom. The fraction of sp³-hybridized carbons (Fsp3) is 0.727. The van der Waals surface area contributed by atoms with Gasteiger partial charge in [-0.05, 0) is 27.2 Å². The molecular formula is C11H21N3. The van der Waals surface area contributed by atoms with Gasteiger partial charge in [0, 0.05) is 30.9 Å². The number of nitrogens with zero attached hydrogens (tertiary/aromatic N) is 2. The summed E-state index contributed by atoms with van der Waals surface area (Å²) in [7, 11) is 1.96. The molecule has 0 amide bonds. The first-order valence-electron chi connectivity index (χ1n) is 5.30. The van der Waals surface area contributed by atoms with E-state index in [0.717, 1.165) is 12.1 Å². The zero-order chi connectivity index (χ0) is 10.7. The van der Waals surface area contributed by atoms with Gasteiger partial charge >= 0.3 is 0 Å². The topological polar surface area (TPSA) is 29.9 Å². The third-order valence-corrected chi connectivity index (χ3v) is 2.66. The van der Waals surface area contributed by atoms with Gasteiger partial charge in [-0.25, -0.2) is 0 Å². The molecule has 14 heavy (non-hydrogen) atoms. The van der Waals surface area contributed by atoms with Gasteiger partial charge in [-0.2, -0.15) is 5.10 Å². The number of hydrogen-bond donors (Lipinski definition) is 1. The predicted octanol–water partition coefficient (Wildman–Crippen LogP) is 2.18. The van der Waals surface area contributed by atoms with E-state index in [1.807, 2.05) is 11.7 Å². The first-order chi connectivity index (χ1) is 6.54. The summed E-state index contributed by atoms with van der Waals surface area (Å²) in [4.78, 5) is 0. The van der Waals surface area contributed by atoms with Crippen molar-refractivity contribution in [2.75, 3.05) is 0 Å². The van der Waals surface area contributed by atoms with Crippen LogP contribution in [-0.2, 0) is 7.05 Å². The molecule has 0 aliphatic rings. The molecule has 1 aromatic heterocycles. The van der Waals surface area contributed by atoms with Crippen molar-refractivity contribution in [1.29, 1.82) is 0 Å². The Morgan fingerprint density at radius 2 is 2.14 bits per heavy atom. The van der Waals surface area contributed by atoms with Crippen molar-refractivity contribution in [3.05, 3.63) is 17.5 Å². The highest BCUT2D eigenvalue weighted by molar-refractivity contribution is 5.19. The number of nitrogens with one attached hydrogen (secondary N) is 1. The minimum absolute atomic E-state index is 0.388. The Kier molecular flexibility index (Phi) is 3.69. The smallest absolute Gasteiger partial charge is 0.0641 e. The molecule has 0 aliphatic carbocycles. The predicted molar refractivity (Wildman–Crippen MR) is 59.2 cm³/mol. The van der Waals surface area contributed by atoms with Crippen LogP contribution in [0.1, 0.15) is 44.5 Å². The summed E-state index contributed by atoms with van der Waals surface area (Å²) in [6.45, 7) is 8.66. The van der Waals surface area contributed by atoms with Gasteiger partial charge in [-0.3, -0.25) is 4.68 Å². The summed E-state index contributed by atoms with van der Waals surface area (Å²) in [5.74, 6) is 0. The number of rotatable bonds is 4. The molecule has 0 aromatic carbocycles. The summed E-state index contributed by atoms with van der Waals surface area (Å²) >= 11 is 0. The molecule has 3 nitrogen and oxygen atoms in total. The second kappa shape index (κ2) is 4.60. The molecule has 0 aliphatic heterocycles. The Bertz CT molecular complexity index is 291. The monoisotopic (exact) mass is 195 g/mol. The van der Waals surface area contributed by atoms with Crippen molar-refractivity contribution in [3.8, 4) is 0 Å². The maximum atomic E-state index is 4.34. The fourth-order valence-electron chi connectivity index (χ4n) is 1.68. The van der Waals surface area contributed by atoms with E-state index in [-0.39, 0.29) is 0 Å². The van der Waals surface area contributed by atoms with Crippen molar-refractivity contribution >= 4 is 0 Å². The van der Waals surface area contributed by atoms with E-state index in [9.17, 15) is 0 Å². The van der Waals surface area contributed by atoms with Crippen LogP contribution in [0.15, 0.2) is 6.20 Å². The highest BCUT2D eigenvalue weighted by atomic mass is 15.3. The van der Waals surface area contributed by atoms with Crippen LogP contribution in [0.2, 0.25) is 0 Å². The van der Waals surface area contributed by atoms with E-state index in [2.05, 4.69) is 44.3 Å². The van der Waals surface area contributed by atoms with E-state index in [4.69, 9.17) is 0 Å². The summed E-state index contributed by atoms with van der Waals surface area (Å²) in [6, 6.07) is 0.947. The maximum Gasteiger partial charge on any atom is 0.0641 e. The minimum atomic E-state index is 0.388. The molecule has 2 unspecified atom stereocenters.